The molecule has 0 aliphatic rings. The van der Waals surface area contributed by atoms with Crippen LogP contribution in [0.2, 0.25) is 0 Å². The summed E-state index contributed by atoms with van der Waals surface area (Å²) < 4.78 is 26.2. The van der Waals surface area contributed by atoms with Gasteiger partial charge < -0.3 is 0 Å². The van der Waals surface area contributed by atoms with Crippen LogP contribution in [-0.2, 0) is 10.0 Å². The van der Waals surface area contributed by atoms with Crippen LogP contribution in [0.3, 0.4) is 0 Å². The maximum absolute atomic E-state index is 11.4. The summed E-state index contributed by atoms with van der Waals surface area (Å²) in [4.78, 5) is 0. The molecule has 0 fully saturated rings. The Morgan fingerprint density at radius 2 is 1.93 bits per heavy atom. The van der Waals surface area contributed by atoms with Gasteiger partial charge >= 0.3 is 0 Å². The van der Waals surface area contributed by atoms with E-state index in [0.717, 1.165) is 15.6 Å². The van der Waals surface area contributed by atoms with Crippen LogP contribution in [0.25, 0.3) is 0 Å². The second-order valence-corrected chi connectivity index (χ2v) is 6.31. The van der Waals surface area contributed by atoms with E-state index in [1.54, 1.807) is 6.92 Å². The van der Waals surface area contributed by atoms with Gasteiger partial charge in [-0.15, -0.1) is 0 Å². The van der Waals surface area contributed by atoms with Crippen molar-refractivity contribution < 1.29 is 8.42 Å². The maximum Gasteiger partial charge on any atom is 0.232 e. The number of sulfonamides is 1. The summed E-state index contributed by atoms with van der Waals surface area (Å²) in [6.45, 7) is 5.46. The van der Waals surface area contributed by atoms with Gasteiger partial charge in [-0.25, -0.2) is 8.42 Å². The standard InChI is InChI=1S/C10H14BrNO2S/c1-4-15(13,14)12-10-8(3)5-7(2)6-9(10)11/h5-6,12H,4H2,1-3H3. The molecule has 0 aromatic heterocycles. The van der Waals surface area contributed by atoms with E-state index >= 15 is 0 Å². The Kier molecular flexibility index (Phi) is 3.78. The molecule has 0 bridgehead atoms. The molecule has 0 aliphatic heterocycles. The number of hydrogen-bond donors (Lipinski definition) is 1. The molecule has 0 radical (unpaired) electrons. The summed E-state index contributed by atoms with van der Waals surface area (Å²) in [7, 11) is -3.21. The van der Waals surface area contributed by atoms with Crippen molar-refractivity contribution in [3.63, 3.8) is 0 Å². The number of nitrogens with one attached hydrogen (secondary N) is 1. The van der Waals surface area contributed by atoms with Gasteiger partial charge in [-0.05, 0) is 53.9 Å². The minimum atomic E-state index is -3.21. The number of halogens is 1. The van der Waals surface area contributed by atoms with Crippen molar-refractivity contribution in [2.45, 2.75) is 20.8 Å². The second kappa shape index (κ2) is 4.53. The van der Waals surface area contributed by atoms with Gasteiger partial charge in [-0.1, -0.05) is 6.07 Å². The Labute approximate surface area is 99.1 Å². The lowest BCUT2D eigenvalue weighted by molar-refractivity contribution is 0.602. The Hall–Kier alpha value is -0.550. The number of aryl methyl sites for hydroxylation is 2. The molecule has 1 aromatic rings. The van der Waals surface area contributed by atoms with E-state index in [0.29, 0.717) is 5.69 Å². The minimum absolute atomic E-state index is 0.0761. The van der Waals surface area contributed by atoms with Crippen LogP contribution in [0.5, 0.6) is 0 Å². The van der Waals surface area contributed by atoms with E-state index in [4.69, 9.17) is 0 Å². The molecule has 0 saturated carbocycles. The molecule has 1 rings (SSSR count). The third-order valence-corrected chi connectivity index (χ3v) is 3.97. The van der Waals surface area contributed by atoms with Crippen LogP contribution in [-0.4, -0.2) is 14.2 Å². The SMILES string of the molecule is CCS(=O)(=O)Nc1c(C)cc(C)cc1Br. The monoisotopic (exact) mass is 291 g/mol. The lowest BCUT2D eigenvalue weighted by atomic mass is 10.1. The van der Waals surface area contributed by atoms with Crippen LogP contribution in [0.15, 0.2) is 16.6 Å². The zero-order valence-corrected chi connectivity index (χ0v) is 11.4. The van der Waals surface area contributed by atoms with Crippen molar-refractivity contribution in [3.8, 4) is 0 Å². The number of anilines is 1. The fraction of sp³-hybridized carbons (Fsp3) is 0.400. The van der Waals surface area contributed by atoms with Gasteiger partial charge in [0, 0.05) is 4.47 Å². The predicted molar refractivity (Wildman–Crippen MR) is 66.7 cm³/mol. The summed E-state index contributed by atoms with van der Waals surface area (Å²) in [6.07, 6.45) is 0. The van der Waals surface area contributed by atoms with Crippen molar-refractivity contribution in [1.82, 2.24) is 0 Å². The number of rotatable bonds is 3. The molecule has 0 saturated heterocycles. The first-order valence-corrected chi connectivity index (χ1v) is 7.07. The largest absolute Gasteiger partial charge is 0.282 e. The van der Waals surface area contributed by atoms with Gasteiger partial charge in [0.25, 0.3) is 0 Å². The Morgan fingerprint density at radius 1 is 1.33 bits per heavy atom. The van der Waals surface area contributed by atoms with Gasteiger partial charge in [0.15, 0.2) is 0 Å². The third kappa shape index (κ3) is 3.21. The fourth-order valence-corrected chi connectivity index (χ4v) is 2.90. The molecule has 0 atom stereocenters. The smallest absolute Gasteiger partial charge is 0.232 e. The third-order valence-electron chi connectivity index (χ3n) is 2.07. The molecule has 0 aliphatic carbocycles. The molecule has 84 valence electrons. The molecule has 5 heteroatoms. The molecule has 1 N–H and O–H groups in total. The molecular formula is C10H14BrNO2S. The average Bonchev–Trinajstić information content (AvgIpc) is 2.11. The Morgan fingerprint density at radius 3 is 2.40 bits per heavy atom. The topological polar surface area (TPSA) is 46.2 Å². The van der Waals surface area contributed by atoms with Gasteiger partial charge in [0.2, 0.25) is 10.0 Å². The molecule has 0 heterocycles. The normalized spacial score (nSPS) is 11.5. The highest BCUT2D eigenvalue weighted by atomic mass is 79.9. The number of benzene rings is 1. The first-order valence-electron chi connectivity index (χ1n) is 4.63. The fourth-order valence-electron chi connectivity index (χ4n) is 1.27. The Balaban J connectivity index is 3.17. The second-order valence-electron chi connectivity index (χ2n) is 3.44. The summed E-state index contributed by atoms with van der Waals surface area (Å²) in [5.41, 5.74) is 2.64. The summed E-state index contributed by atoms with van der Waals surface area (Å²) in [6, 6.07) is 3.83. The van der Waals surface area contributed by atoms with E-state index in [1.807, 2.05) is 26.0 Å². The van der Waals surface area contributed by atoms with Crippen molar-refractivity contribution in [2.24, 2.45) is 0 Å². The zero-order chi connectivity index (χ0) is 11.6. The van der Waals surface area contributed by atoms with Gasteiger partial charge in [-0.3, -0.25) is 4.72 Å². The van der Waals surface area contributed by atoms with Gasteiger partial charge in [0.1, 0.15) is 0 Å². The summed E-state index contributed by atoms with van der Waals surface area (Å²) in [5.74, 6) is 0.0761. The van der Waals surface area contributed by atoms with Crippen LogP contribution < -0.4 is 4.72 Å². The summed E-state index contributed by atoms with van der Waals surface area (Å²) >= 11 is 3.35. The zero-order valence-electron chi connectivity index (χ0n) is 8.96. The quantitative estimate of drug-likeness (QED) is 0.931. The lowest BCUT2D eigenvalue weighted by Crippen LogP contribution is -2.15. The maximum atomic E-state index is 11.4. The Bertz CT molecular complexity index is 445. The van der Waals surface area contributed by atoms with E-state index in [1.165, 1.54) is 0 Å². The molecule has 1 aromatic carbocycles. The minimum Gasteiger partial charge on any atom is -0.282 e. The van der Waals surface area contributed by atoms with E-state index < -0.39 is 10.0 Å². The summed E-state index contributed by atoms with van der Waals surface area (Å²) in [5, 5.41) is 0. The highest BCUT2D eigenvalue weighted by molar-refractivity contribution is 9.10. The van der Waals surface area contributed by atoms with Gasteiger partial charge in [0.05, 0.1) is 11.4 Å². The molecule has 15 heavy (non-hydrogen) atoms. The van der Waals surface area contributed by atoms with Crippen molar-refractivity contribution in [3.05, 3.63) is 27.7 Å². The van der Waals surface area contributed by atoms with Crippen molar-refractivity contribution in [1.29, 1.82) is 0 Å². The highest BCUT2D eigenvalue weighted by Crippen LogP contribution is 2.28. The highest BCUT2D eigenvalue weighted by Gasteiger charge is 2.11. The number of hydrogen-bond acceptors (Lipinski definition) is 2. The average molecular weight is 292 g/mol. The molecule has 0 spiro atoms. The lowest BCUT2D eigenvalue weighted by Gasteiger charge is -2.12. The van der Waals surface area contributed by atoms with Crippen molar-refractivity contribution >= 4 is 31.6 Å². The van der Waals surface area contributed by atoms with E-state index in [2.05, 4.69) is 20.7 Å². The molecular weight excluding hydrogens is 278 g/mol. The van der Waals surface area contributed by atoms with Crippen LogP contribution in [0.4, 0.5) is 5.69 Å². The van der Waals surface area contributed by atoms with Gasteiger partial charge in [-0.2, -0.15) is 0 Å². The first-order chi connectivity index (χ1) is 6.85. The molecule has 0 unspecified atom stereocenters. The van der Waals surface area contributed by atoms with E-state index in [9.17, 15) is 8.42 Å². The van der Waals surface area contributed by atoms with Crippen LogP contribution in [0.1, 0.15) is 18.1 Å². The van der Waals surface area contributed by atoms with Crippen LogP contribution in [0, 0.1) is 13.8 Å². The van der Waals surface area contributed by atoms with E-state index in [-0.39, 0.29) is 5.75 Å². The van der Waals surface area contributed by atoms with Crippen LogP contribution >= 0.6 is 15.9 Å². The molecule has 3 nitrogen and oxygen atoms in total. The predicted octanol–water partition coefficient (Wildman–Crippen LogP) is 2.83. The first kappa shape index (κ1) is 12.5. The molecule has 0 amide bonds. The van der Waals surface area contributed by atoms with Crippen molar-refractivity contribution in [2.75, 3.05) is 10.5 Å².